The molecule has 0 bridgehead atoms. The maximum atomic E-state index is 12.2. The largest absolute Gasteiger partial charge is 0.470 e. The zero-order chi connectivity index (χ0) is 30.2. The smallest absolute Gasteiger partial charge is 0.372 e. The number of likely N-dealkylation sites (tertiary alicyclic amines) is 1. The van der Waals surface area contributed by atoms with Gasteiger partial charge in [-0.1, -0.05) is 13.8 Å². The molecule has 3 fully saturated rings. The van der Waals surface area contributed by atoms with Gasteiger partial charge in [-0.15, -0.1) is 0 Å². The van der Waals surface area contributed by atoms with Crippen LogP contribution in [-0.2, 0) is 23.9 Å². The van der Waals surface area contributed by atoms with Crippen LogP contribution in [-0.4, -0.2) is 72.6 Å². The van der Waals surface area contributed by atoms with E-state index in [-0.39, 0.29) is 29.4 Å². The lowest BCUT2D eigenvalue weighted by Gasteiger charge is -2.27. The van der Waals surface area contributed by atoms with E-state index < -0.39 is 18.1 Å². The molecule has 4 unspecified atom stereocenters. The minimum atomic E-state index is -4.86. The maximum absolute atomic E-state index is 12.2. The summed E-state index contributed by atoms with van der Waals surface area (Å²) in [4.78, 5) is 44.8. The van der Waals surface area contributed by atoms with Crippen molar-refractivity contribution >= 4 is 24.1 Å². The number of nitrogens with zero attached hydrogens (tertiary/aromatic N) is 2. The van der Waals surface area contributed by atoms with Crippen LogP contribution in [0.2, 0.25) is 0 Å². The first-order valence-electron chi connectivity index (χ1n) is 13.0. The van der Waals surface area contributed by atoms with Gasteiger partial charge in [0.05, 0.1) is 24.2 Å². The van der Waals surface area contributed by atoms with Gasteiger partial charge in [0.25, 0.3) is 0 Å². The maximum Gasteiger partial charge on any atom is 0.470 e. The molecule has 0 aromatic heterocycles. The molecule has 1 saturated carbocycles. The van der Waals surface area contributed by atoms with Gasteiger partial charge in [0.1, 0.15) is 6.04 Å². The highest BCUT2D eigenvalue weighted by atomic mass is 19.4. The average Bonchev–Trinajstić information content (AvgIpc) is 3.12. The highest BCUT2D eigenvalue weighted by Crippen LogP contribution is 2.61. The van der Waals surface area contributed by atoms with Gasteiger partial charge in [0.2, 0.25) is 18.2 Å². The van der Waals surface area contributed by atoms with E-state index in [9.17, 15) is 27.6 Å². The molecule has 2 heterocycles. The molecule has 0 aromatic rings. The number of piperidine rings is 2. The molecule has 3 aliphatic rings. The summed E-state index contributed by atoms with van der Waals surface area (Å²) < 4.78 is 37.9. The van der Waals surface area contributed by atoms with E-state index in [1.54, 1.807) is 0 Å². The number of hydrogen-bond acceptors (Lipinski definition) is 6. The van der Waals surface area contributed by atoms with Gasteiger partial charge in [-0.2, -0.15) is 18.4 Å². The van der Waals surface area contributed by atoms with Crippen LogP contribution in [0.4, 0.5) is 13.2 Å². The van der Waals surface area contributed by atoms with E-state index in [4.69, 9.17) is 14.8 Å². The van der Waals surface area contributed by atoms with Crippen LogP contribution in [0.5, 0.6) is 0 Å². The molecule has 1 aliphatic carbocycles. The number of nitrogens with one attached hydrogen (secondary N) is 2. The Bertz CT molecular complexity index is 899. The first-order valence-corrected chi connectivity index (χ1v) is 13.0. The number of ether oxygens (including phenoxy) is 1. The van der Waals surface area contributed by atoms with Crippen LogP contribution in [0, 0.1) is 34.5 Å². The summed E-state index contributed by atoms with van der Waals surface area (Å²) in [6.07, 6.45) is -1.71. The molecule has 5 atom stereocenters. The van der Waals surface area contributed by atoms with Gasteiger partial charge in [0, 0.05) is 25.6 Å². The van der Waals surface area contributed by atoms with E-state index in [0.717, 1.165) is 37.8 Å². The second-order valence-electron chi connectivity index (χ2n) is 11.8. The van der Waals surface area contributed by atoms with E-state index in [1.165, 1.54) is 0 Å². The van der Waals surface area contributed by atoms with Gasteiger partial charge < -0.3 is 26.0 Å². The summed E-state index contributed by atoms with van der Waals surface area (Å²) in [6, 6.07) is 1.39. The molecule has 2 saturated heterocycles. The zero-order valence-corrected chi connectivity index (χ0v) is 23.6. The fourth-order valence-corrected chi connectivity index (χ4v) is 4.94. The van der Waals surface area contributed by atoms with Crippen LogP contribution >= 0.6 is 0 Å². The molecule has 2 aliphatic heterocycles. The Morgan fingerprint density at radius 3 is 2.23 bits per heavy atom. The van der Waals surface area contributed by atoms with Crippen molar-refractivity contribution in [1.29, 1.82) is 5.26 Å². The third kappa shape index (κ3) is 11.4. The van der Waals surface area contributed by atoms with E-state index >= 15 is 0 Å². The minimum Gasteiger partial charge on any atom is -0.372 e. The predicted octanol–water partition coefficient (Wildman–Crippen LogP) is 2.27. The van der Waals surface area contributed by atoms with Gasteiger partial charge in [-0.3, -0.25) is 19.2 Å². The number of alkyl halides is 3. The SMILES string of the molecule is C[C@H](CC(=O)N1CC2C(C1)C2(C)C)OC(C)(C)C.N#CC(CC1CCCNC1=O)NC=O.NC(=O)C(F)(F)F. The number of primary amides is 1. The van der Waals surface area contributed by atoms with Crippen molar-refractivity contribution in [2.75, 3.05) is 19.6 Å². The monoisotopic (exact) mass is 561 g/mol. The number of carbonyl (C=O) groups is 4. The summed E-state index contributed by atoms with van der Waals surface area (Å²) in [5.74, 6) is -0.673. The van der Waals surface area contributed by atoms with Crippen molar-refractivity contribution in [1.82, 2.24) is 15.5 Å². The molecule has 0 spiro atoms. The van der Waals surface area contributed by atoms with Crippen molar-refractivity contribution in [3.05, 3.63) is 0 Å². The molecule has 13 heteroatoms. The lowest BCUT2D eigenvalue weighted by Crippen LogP contribution is -2.40. The summed E-state index contributed by atoms with van der Waals surface area (Å²) in [5, 5.41) is 13.8. The predicted molar refractivity (Wildman–Crippen MR) is 136 cm³/mol. The molecule has 3 rings (SSSR count). The fraction of sp³-hybridized carbons (Fsp3) is 0.808. The second-order valence-corrected chi connectivity index (χ2v) is 11.8. The number of amides is 4. The lowest BCUT2D eigenvalue weighted by molar-refractivity contribution is -0.169. The first kappa shape index (κ1) is 34.1. The summed E-state index contributed by atoms with van der Waals surface area (Å²) in [5.41, 5.74) is 4.11. The Morgan fingerprint density at radius 1 is 1.28 bits per heavy atom. The number of nitriles is 1. The topological polar surface area (TPSA) is 155 Å². The molecule has 222 valence electrons. The highest BCUT2D eigenvalue weighted by molar-refractivity contribution is 5.80. The quantitative estimate of drug-likeness (QED) is 0.405. The van der Waals surface area contributed by atoms with Crippen LogP contribution in [0.15, 0.2) is 0 Å². The van der Waals surface area contributed by atoms with Crippen molar-refractivity contribution < 1.29 is 37.1 Å². The fourth-order valence-electron chi connectivity index (χ4n) is 4.94. The Morgan fingerprint density at radius 2 is 1.82 bits per heavy atom. The molecule has 0 radical (unpaired) electrons. The summed E-state index contributed by atoms with van der Waals surface area (Å²) in [6.45, 7) is 15.3. The average molecular weight is 562 g/mol. The van der Waals surface area contributed by atoms with Crippen LogP contribution in [0.25, 0.3) is 0 Å². The Labute approximate surface area is 228 Å². The van der Waals surface area contributed by atoms with E-state index in [0.29, 0.717) is 31.2 Å². The second kappa shape index (κ2) is 14.0. The number of nitrogens with two attached hydrogens (primary N) is 1. The zero-order valence-electron chi connectivity index (χ0n) is 23.6. The molecule has 4 N–H and O–H groups in total. The molecule has 4 amide bonds. The Kier molecular flexibility index (Phi) is 12.2. The highest BCUT2D eigenvalue weighted by Gasteiger charge is 2.62. The number of carbonyl (C=O) groups excluding carboxylic acids is 4. The number of halogens is 3. The normalized spacial score (nSPS) is 24.7. The molecular weight excluding hydrogens is 519 g/mol. The number of hydrogen-bond donors (Lipinski definition) is 3. The van der Waals surface area contributed by atoms with Gasteiger partial charge in [-0.05, 0) is 64.2 Å². The third-order valence-corrected chi connectivity index (χ3v) is 7.12. The summed E-state index contributed by atoms with van der Waals surface area (Å²) in [7, 11) is 0. The standard InChI is InChI=1S/C15H27NO2.C9H13N3O2.C2H2F3NO/c1-10(18-14(2,3)4)7-13(17)16-8-11-12(9-16)15(11,5)6;10-5-8(12-6-13)4-7-2-1-3-11-9(7)14;3-2(4,5)1(6)7/h10-12H,7-9H2,1-6H3;6-8H,1-4H2,(H,11,14)(H,12,13);(H2,6,7)/t10-,11?,12?;;/m1../s1. The summed E-state index contributed by atoms with van der Waals surface area (Å²) >= 11 is 0. The Hall–Kier alpha value is -2.88. The van der Waals surface area contributed by atoms with Crippen LogP contribution < -0.4 is 16.4 Å². The van der Waals surface area contributed by atoms with Crippen molar-refractivity contribution in [3.8, 4) is 6.07 Å². The molecule has 39 heavy (non-hydrogen) atoms. The van der Waals surface area contributed by atoms with Gasteiger partial charge in [-0.25, -0.2) is 0 Å². The van der Waals surface area contributed by atoms with Gasteiger partial charge in [0.15, 0.2) is 0 Å². The van der Waals surface area contributed by atoms with Crippen LogP contribution in [0.1, 0.15) is 67.2 Å². The minimum absolute atomic E-state index is 0.00226. The Balaban J connectivity index is 0.000000322. The van der Waals surface area contributed by atoms with Gasteiger partial charge >= 0.3 is 12.1 Å². The van der Waals surface area contributed by atoms with Crippen LogP contribution in [0.3, 0.4) is 0 Å². The van der Waals surface area contributed by atoms with E-state index in [1.807, 2.05) is 38.7 Å². The van der Waals surface area contributed by atoms with Crippen molar-refractivity contribution in [3.63, 3.8) is 0 Å². The molecule has 10 nitrogen and oxygen atoms in total. The first-order chi connectivity index (χ1) is 17.8. The molecule has 0 aromatic carbocycles. The third-order valence-electron chi connectivity index (χ3n) is 7.12. The number of fused-ring (bicyclic) bond motifs is 1. The molecular formula is C26H42F3N5O5. The lowest BCUT2D eigenvalue weighted by atomic mass is 9.92. The van der Waals surface area contributed by atoms with E-state index in [2.05, 4.69) is 30.2 Å². The van der Waals surface area contributed by atoms with Crippen molar-refractivity contribution in [2.24, 2.45) is 28.9 Å². The number of rotatable bonds is 7. The van der Waals surface area contributed by atoms with Crippen molar-refractivity contribution in [2.45, 2.75) is 91.1 Å².